The van der Waals surface area contributed by atoms with Crippen molar-refractivity contribution in [2.75, 3.05) is 6.54 Å². The molecule has 1 aliphatic carbocycles. The fourth-order valence-electron chi connectivity index (χ4n) is 6.53. The molecule has 0 saturated carbocycles. The number of fused-ring (bicyclic) bond motifs is 1. The van der Waals surface area contributed by atoms with Crippen molar-refractivity contribution in [3.05, 3.63) is 95.6 Å². The van der Waals surface area contributed by atoms with Crippen LogP contribution in [0.5, 0.6) is 0 Å². The summed E-state index contributed by atoms with van der Waals surface area (Å²) in [6.45, 7) is 5.66. The first-order valence-corrected chi connectivity index (χ1v) is 15.2. The van der Waals surface area contributed by atoms with Crippen molar-refractivity contribution >= 4 is 23.8 Å². The Morgan fingerprint density at radius 2 is 1.55 bits per heavy atom. The molecule has 44 heavy (non-hydrogen) atoms. The standard InChI is InChI=1S/C36H40N2O6/c1-35(2,3)44-31(39)23-36(21-26-15-7-8-16-27(26)22-36)34(43)37-29(32(40)38-19-11-18-30(38)33(41)42)20-25-14-9-10-17-28(25)24-12-5-4-6-13-24/h4-10,12-17,29-30H,11,18-23H2,1-3H3,(H,37,43)(H,41,42). The smallest absolute Gasteiger partial charge is 0.326 e. The molecule has 2 N–H and O–H groups in total. The first kappa shape index (κ1) is 31.0. The lowest BCUT2D eigenvalue weighted by atomic mass is 9.79. The van der Waals surface area contributed by atoms with Crippen molar-refractivity contribution in [3.63, 3.8) is 0 Å². The van der Waals surface area contributed by atoms with Crippen molar-refractivity contribution in [1.82, 2.24) is 10.2 Å². The number of amides is 2. The first-order chi connectivity index (χ1) is 21.0. The number of benzene rings is 3. The average molecular weight is 597 g/mol. The summed E-state index contributed by atoms with van der Waals surface area (Å²) in [6, 6.07) is 23.3. The Kier molecular flexibility index (Phi) is 8.90. The number of carbonyl (C=O) groups is 4. The fourth-order valence-corrected chi connectivity index (χ4v) is 6.53. The largest absolute Gasteiger partial charge is 0.480 e. The van der Waals surface area contributed by atoms with Gasteiger partial charge in [0, 0.05) is 13.0 Å². The molecule has 5 rings (SSSR count). The summed E-state index contributed by atoms with van der Waals surface area (Å²) in [5.41, 5.74) is 2.83. The second-order valence-electron chi connectivity index (χ2n) is 12.9. The number of nitrogens with one attached hydrogen (secondary N) is 1. The van der Waals surface area contributed by atoms with E-state index in [0.717, 1.165) is 27.8 Å². The molecule has 0 spiro atoms. The molecule has 0 aromatic heterocycles. The molecule has 0 bridgehead atoms. The zero-order chi connectivity index (χ0) is 31.5. The Balaban J connectivity index is 1.50. The van der Waals surface area contributed by atoms with E-state index >= 15 is 0 Å². The van der Waals surface area contributed by atoms with Crippen LogP contribution in [0.1, 0.15) is 56.7 Å². The molecule has 1 fully saturated rings. The van der Waals surface area contributed by atoms with Crippen LogP contribution in [0.25, 0.3) is 11.1 Å². The molecule has 2 amide bonds. The van der Waals surface area contributed by atoms with Crippen LogP contribution in [-0.2, 0) is 43.2 Å². The molecular formula is C36H40N2O6. The maximum absolute atomic E-state index is 14.4. The van der Waals surface area contributed by atoms with Gasteiger partial charge in [0.25, 0.3) is 0 Å². The maximum Gasteiger partial charge on any atom is 0.326 e. The summed E-state index contributed by atoms with van der Waals surface area (Å²) < 4.78 is 5.65. The van der Waals surface area contributed by atoms with Crippen molar-refractivity contribution in [1.29, 1.82) is 0 Å². The van der Waals surface area contributed by atoms with Gasteiger partial charge in [-0.1, -0.05) is 78.9 Å². The lowest BCUT2D eigenvalue weighted by molar-refractivity contribution is -0.160. The highest BCUT2D eigenvalue weighted by atomic mass is 16.6. The number of carboxylic acids is 1. The van der Waals surface area contributed by atoms with Gasteiger partial charge in [-0.2, -0.15) is 0 Å². The van der Waals surface area contributed by atoms with E-state index in [1.54, 1.807) is 20.8 Å². The second kappa shape index (κ2) is 12.6. The number of carboxylic acid groups (broad SMARTS) is 1. The van der Waals surface area contributed by atoms with Crippen LogP contribution >= 0.6 is 0 Å². The summed E-state index contributed by atoms with van der Waals surface area (Å²) >= 11 is 0. The summed E-state index contributed by atoms with van der Waals surface area (Å²) in [7, 11) is 0. The van der Waals surface area contributed by atoms with Gasteiger partial charge >= 0.3 is 11.9 Å². The van der Waals surface area contributed by atoms with Crippen molar-refractivity contribution in [3.8, 4) is 11.1 Å². The molecule has 0 radical (unpaired) electrons. The number of ether oxygens (including phenoxy) is 1. The van der Waals surface area contributed by atoms with Crippen LogP contribution in [0.2, 0.25) is 0 Å². The van der Waals surface area contributed by atoms with Gasteiger partial charge in [-0.25, -0.2) is 4.79 Å². The minimum atomic E-state index is -1.15. The monoisotopic (exact) mass is 596 g/mol. The third-order valence-corrected chi connectivity index (χ3v) is 8.51. The predicted molar refractivity (Wildman–Crippen MR) is 167 cm³/mol. The number of rotatable bonds is 9. The second-order valence-corrected chi connectivity index (χ2v) is 12.9. The van der Waals surface area contributed by atoms with Crippen molar-refractivity contribution < 1.29 is 29.0 Å². The highest BCUT2D eigenvalue weighted by Gasteiger charge is 2.48. The molecule has 1 heterocycles. The van der Waals surface area contributed by atoms with E-state index in [-0.39, 0.29) is 12.8 Å². The zero-order valence-electron chi connectivity index (χ0n) is 25.5. The van der Waals surface area contributed by atoms with Crippen LogP contribution in [0, 0.1) is 5.41 Å². The molecule has 3 aromatic carbocycles. The third-order valence-electron chi connectivity index (χ3n) is 8.51. The number of nitrogens with zero attached hydrogens (tertiary/aromatic N) is 1. The van der Waals surface area contributed by atoms with Gasteiger partial charge in [0.05, 0.1) is 11.8 Å². The molecule has 1 saturated heterocycles. The Morgan fingerprint density at radius 3 is 2.18 bits per heavy atom. The van der Waals surface area contributed by atoms with Gasteiger partial charge in [0.1, 0.15) is 17.7 Å². The molecule has 8 heteroatoms. The molecule has 1 aliphatic heterocycles. The van der Waals surface area contributed by atoms with Gasteiger partial charge in [-0.05, 0) is 74.3 Å². The number of hydrogen-bond acceptors (Lipinski definition) is 5. The Morgan fingerprint density at radius 1 is 0.932 bits per heavy atom. The van der Waals surface area contributed by atoms with Crippen molar-refractivity contribution in [2.45, 2.75) is 77.0 Å². The summed E-state index contributed by atoms with van der Waals surface area (Å²) in [5, 5.41) is 12.9. The van der Waals surface area contributed by atoms with Gasteiger partial charge in [0.15, 0.2) is 0 Å². The molecule has 3 aromatic rings. The minimum Gasteiger partial charge on any atom is -0.480 e. The molecule has 8 nitrogen and oxygen atoms in total. The summed E-state index contributed by atoms with van der Waals surface area (Å²) in [4.78, 5) is 55.2. The third kappa shape index (κ3) is 6.85. The summed E-state index contributed by atoms with van der Waals surface area (Å²) in [6.07, 6.45) is 1.61. The Hall–Kier alpha value is -4.46. The first-order valence-electron chi connectivity index (χ1n) is 15.2. The fraction of sp³-hybridized carbons (Fsp3) is 0.389. The number of carbonyl (C=O) groups excluding carboxylic acids is 3. The Labute approximate surface area is 258 Å². The number of hydrogen-bond donors (Lipinski definition) is 2. The van der Waals surface area contributed by atoms with E-state index in [2.05, 4.69) is 5.32 Å². The van der Waals surface area contributed by atoms with E-state index in [4.69, 9.17) is 4.74 Å². The number of aliphatic carboxylic acids is 1. The van der Waals surface area contributed by atoms with Crippen LogP contribution in [0.3, 0.4) is 0 Å². The quantitative estimate of drug-likeness (QED) is 0.337. The molecule has 230 valence electrons. The SMILES string of the molecule is CC(C)(C)OC(=O)CC1(C(=O)NC(Cc2ccccc2-c2ccccc2)C(=O)N2CCCC2C(=O)O)Cc2ccccc2C1. The van der Waals surface area contributed by atoms with Crippen LogP contribution in [0.15, 0.2) is 78.9 Å². The van der Waals surface area contributed by atoms with Gasteiger partial charge in [-0.3, -0.25) is 14.4 Å². The summed E-state index contributed by atoms with van der Waals surface area (Å²) in [5.74, 6) is -2.39. The van der Waals surface area contributed by atoms with E-state index in [1.165, 1.54) is 4.90 Å². The number of esters is 1. The highest BCUT2D eigenvalue weighted by Crippen LogP contribution is 2.41. The minimum absolute atomic E-state index is 0.145. The van der Waals surface area contributed by atoms with Crippen molar-refractivity contribution in [2.24, 2.45) is 5.41 Å². The highest BCUT2D eigenvalue weighted by molar-refractivity contribution is 5.95. The van der Waals surface area contributed by atoms with E-state index < -0.39 is 46.9 Å². The van der Waals surface area contributed by atoms with Gasteiger partial charge < -0.3 is 20.1 Å². The lowest BCUT2D eigenvalue weighted by Gasteiger charge is -2.33. The molecule has 2 aliphatic rings. The maximum atomic E-state index is 14.4. The Bertz CT molecular complexity index is 1520. The van der Waals surface area contributed by atoms with Crippen LogP contribution in [0.4, 0.5) is 0 Å². The van der Waals surface area contributed by atoms with Crippen LogP contribution in [-0.4, -0.2) is 58.0 Å². The van der Waals surface area contributed by atoms with Crippen LogP contribution < -0.4 is 5.32 Å². The number of likely N-dealkylation sites (tertiary alicyclic amines) is 1. The van der Waals surface area contributed by atoms with Gasteiger partial charge in [-0.15, -0.1) is 0 Å². The van der Waals surface area contributed by atoms with E-state index in [9.17, 15) is 24.3 Å². The van der Waals surface area contributed by atoms with E-state index in [0.29, 0.717) is 32.2 Å². The topological polar surface area (TPSA) is 113 Å². The zero-order valence-corrected chi connectivity index (χ0v) is 25.5. The normalized spacial score (nSPS) is 17.9. The molecular weight excluding hydrogens is 556 g/mol. The molecule has 2 atom stereocenters. The van der Waals surface area contributed by atoms with E-state index in [1.807, 2.05) is 78.9 Å². The lowest BCUT2D eigenvalue weighted by Crippen LogP contribution is -2.56. The molecule has 2 unspecified atom stereocenters. The average Bonchev–Trinajstić information content (AvgIpc) is 3.62. The van der Waals surface area contributed by atoms with Gasteiger partial charge in [0.2, 0.25) is 11.8 Å². The predicted octanol–water partition coefficient (Wildman–Crippen LogP) is 4.97.